The van der Waals surface area contributed by atoms with E-state index in [0.717, 1.165) is 11.1 Å². The zero-order valence-corrected chi connectivity index (χ0v) is 13.3. The summed E-state index contributed by atoms with van der Waals surface area (Å²) in [5.41, 5.74) is 18.0. The van der Waals surface area contributed by atoms with Gasteiger partial charge < -0.3 is 11.5 Å². The van der Waals surface area contributed by atoms with Crippen LogP contribution in [0.15, 0.2) is 58.5 Å². The van der Waals surface area contributed by atoms with Crippen LogP contribution in [0.1, 0.15) is 18.1 Å². The van der Waals surface area contributed by atoms with Gasteiger partial charge in [0, 0.05) is 12.4 Å². The summed E-state index contributed by atoms with van der Waals surface area (Å²) in [6, 6.07) is 14.7. The molecule has 2 aromatic carbocycles. The number of hydrogen-bond acceptors (Lipinski definition) is 2. The number of nitrogens with one attached hydrogen (secondary N) is 2. The fourth-order valence-electron chi connectivity index (χ4n) is 1.78. The molecule has 0 aromatic heterocycles. The minimum atomic E-state index is 0. The minimum absolute atomic E-state index is 0. The topological polar surface area (TPSA) is 72.3 Å². The molecule has 1 unspecified atom stereocenters. The predicted octanol–water partition coefficient (Wildman–Crippen LogP) is 4.98. The second kappa shape index (κ2) is 9.01. The van der Waals surface area contributed by atoms with Gasteiger partial charge in [0.25, 0.3) is 0 Å². The molecule has 2 N–H and O–H groups in total. The summed E-state index contributed by atoms with van der Waals surface area (Å²) in [6.45, 7) is 2.54. The Kier molecular flexibility index (Phi) is 7.34. The van der Waals surface area contributed by atoms with Gasteiger partial charge in [-0.2, -0.15) is 0 Å². The number of nitrogens with zero attached hydrogens (tertiary/aromatic N) is 2. The number of hydrogen-bond donors (Lipinski definition) is 0. The van der Waals surface area contributed by atoms with Crippen LogP contribution >= 0.6 is 0 Å². The zero-order chi connectivity index (χ0) is 15.1. The van der Waals surface area contributed by atoms with E-state index in [9.17, 15) is 0 Å². The Balaban J connectivity index is 0.00000242. The van der Waals surface area contributed by atoms with Crippen molar-refractivity contribution in [3.8, 4) is 0 Å². The van der Waals surface area contributed by atoms with E-state index in [1.54, 1.807) is 24.6 Å². The molecule has 116 valence electrons. The molecule has 0 aliphatic rings. The molecule has 2 rings (SSSR count). The quantitative estimate of drug-likeness (QED) is 0.545. The summed E-state index contributed by atoms with van der Waals surface area (Å²) in [6.07, 6.45) is 3.44. The first-order valence-electron chi connectivity index (χ1n) is 6.81. The van der Waals surface area contributed by atoms with E-state index in [-0.39, 0.29) is 22.5 Å². The summed E-state index contributed by atoms with van der Waals surface area (Å²) >= 11 is 0. The van der Waals surface area contributed by atoms with Crippen LogP contribution in [0.5, 0.6) is 0 Å². The van der Waals surface area contributed by atoms with Gasteiger partial charge in [-0.1, -0.05) is 48.5 Å². The van der Waals surface area contributed by atoms with E-state index in [2.05, 4.69) is 9.98 Å². The van der Waals surface area contributed by atoms with Crippen LogP contribution in [0.4, 0.5) is 11.4 Å². The van der Waals surface area contributed by atoms with Crippen molar-refractivity contribution in [2.75, 3.05) is 6.54 Å². The van der Waals surface area contributed by atoms with Gasteiger partial charge >= 0.3 is 16.5 Å². The van der Waals surface area contributed by atoms with Crippen molar-refractivity contribution in [1.29, 1.82) is 0 Å². The molecule has 1 atom stereocenters. The average Bonchev–Trinajstić information content (AvgIpc) is 2.48. The number of rotatable bonds is 5. The third-order valence-electron chi connectivity index (χ3n) is 2.99. The molecule has 22 heavy (non-hydrogen) atoms. The molecule has 2 aromatic rings. The number of benzene rings is 2. The Morgan fingerprint density at radius 1 is 0.909 bits per heavy atom. The van der Waals surface area contributed by atoms with E-state index in [4.69, 9.17) is 11.5 Å². The predicted molar refractivity (Wildman–Crippen MR) is 90.4 cm³/mol. The maximum atomic E-state index is 7.75. The SMILES string of the molecule is CC(CN=Cc1ccccc1[NH-])N=Cc1ccccc1[NH-].[Ni+2]. The van der Waals surface area contributed by atoms with Gasteiger partial charge in [-0.05, 0) is 18.1 Å². The van der Waals surface area contributed by atoms with Gasteiger partial charge in [0.2, 0.25) is 0 Å². The molecule has 0 radical (unpaired) electrons. The molecule has 0 amide bonds. The first kappa shape index (κ1) is 17.9. The molecule has 0 aliphatic carbocycles. The molecule has 0 spiro atoms. The third kappa shape index (κ3) is 5.34. The molecule has 0 saturated carbocycles. The largest absolute Gasteiger partial charge is 2.00 e. The first-order valence-corrected chi connectivity index (χ1v) is 6.81. The van der Waals surface area contributed by atoms with E-state index < -0.39 is 0 Å². The standard InChI is InChI=1S/C17H18N4.Ni/c1-13(21-12-15-7-3-5-9-17(15)19)10-20-11-14-6-2-4-8-16(14)18;/h2-9,11-13,18-19H,10H2,1H3;/q-2;+2. The van der Waals surface area contributed by atoms with Crippen LogP contribution in [0.25, 0.3) is 11.5 Å². The van der Waals surface area contributed by atoms with Crippen molar-refractivity contribution in [3.63, 3.8) is 0 Å². The van der Waals surface area contributed by atoms with Crippen molar-refractivity contribution in [2.45, 2.75) is 13.0 Å². The summed E-state index contributed by atoms with van der Waals surface area (Å²) in [7, 11) is 0. The smallest absolute Gasteiger partial charge is 0.698 e. The molecule has 0 heterocycles. The first-order chi connectivity index (χ1) is 10.2. The molecule has 0 aliphatic heterocycles. The summed E-state index contributed by atoms with van der Waals surface area (Å²) in [5, 5.41) is 0. The van der Waals surface area contributed by atoms with E-state index in [1.807, 2.05) is 43.3 Å². The van der Waals surface area contributed by atoms with E-state index in [1.165, 1.54) is 0 Å². The Morgan fingerprint density at radius 2 is 1.41 bits per heavy atom. The number of aliphatic imine (C=N–C) groups is 2. The van der Waals surface area contributed by atoms with Crippen molar-refractivity contribution < 1.29 is 16.5 Å². The Morgan fingerprint density at radius 3 is 1.95 bits per heavy atom. The van der Waals surface area contributed by atoms with Gasteiger partial charge in [0.1, 0.15) is 0 Å². The van der Waals surface area contributed by atoms with Crippen LogP contribution in [0.2, 0.25) is 0 Å². The maximum Gasteiger partial charge on any atom is 2.00 e. The van der Waals surface area contributed by atoms with E-state index >= 15 is 0 Å². The molecule has 5 heteroatoms. The zero-order valence-electron chi connectivity index (χ0n) is 12.3. The van der Waals surface area contributed by atoms with Crippen LogP contribution < -0.4 is 0 Å². The van der Waals surface area contributed by atoms with Crippen LogP contribution in [0, 0.1) is 0 Å². The van der Waals surface area contributed by atoms with Gasteiger partial charge in [0.15, 0.2) is 0 Å². The van der Waals surface area contributed by atoms with Crippen LogP contribution in [-0.4, -0.2) is 25.0 Å². The molecule has 0 fully saturated rings. The van der Waals surface area contributed by atoms with Gasteiger partial charge in [-0.25, -0.2) is 0 Å². The summed E-state index contributed by atoms with van der Waals surface area (Å²) < 4.78 is 0. The van der Waals surface area contributed by atoms with Crippen molar-refractivity contribution in [3.05, 3.63) is 71.1 Å². The summed E-state index contributed by atoms with van der Waals surface area (Å²) in [5.74, 6) is 0. The average molecular weight is 337 g/mol. The Labute approximate surface area is 141 Å². The fraction of sp³-hybridized carbons (Fsp3) is 0.176. The molecule has 0 saturated heterocycles. The van der Waals surface area contributed by atoms with Gasteiger partial charge in [0.05, 0.1) is 12.6 Å². The maximum absolute atomic E-state index is 7.75. The monoisotopic (exact) mass is 336 g/mol. The Bertz CT molecular complexity index is 653. The van der Waals surface area contributed by atoms with E-state index in [0.29, 0.717) is 17.9 Å². The van der Waals surface area contributed by atoms with Crippen LogP contribution in [-0.2, 0) is 16.5 Å². The van der Waals surface area contributed by atoms with Gasteiger partial charge in [-0.15, -0.1) is 11.4 Å². The van der Waals surface area contributed by atoms with Crippen molar-refractivity contribution in [1.82, 2.24) is 0 Å². The molecule has 0 bridgehead atoms. The second-order valence-corrected chi connectivity index (χ2v) is 4.80. The fourth-order valence-corrected chi connectivity index (χ4v) is 1.78. The van der Waals surface area contributed by atoms with Crippen LogP contribution in [0.3, 0.4) is 0 Å². The molecular formula is C17H18N4Ni. The minimum Gasteiger partial charge on any atom is -0.698 e. The van der Waals surface area contributed by atoms with Gasteiger partial charge in [-0.3, -0.25) is 9.98 Å². The Hall–Kier alpha value is -2.13. The normalized spacial score (nSPS) is 12.4. The second-order valence-electron chi connectivity index (χ2n) is 4.80. The molecule has 4 nitrogen and oxygen atoms in total. The molecular weight excluding hydrogens is 319 g/mol. The van der Waals surface area contributed by atoms with Crippen molar-refractivity contribution in [2.24, 2.45) is 9.98 Å². The van der Waals surface area contributed by atoms with Crippen molar-refractivity contribution >= 4 is 23.8 Å². The summed E-state index contributed by atoms with van der Waals surface area (Å²) in [4.78, 5) is 8.73. The third-order valence-corrected chi connectivity index (χ3v) is 2.99.